The fourth-order valence-corrected chi connectivity index (χ4v) is 2.20. The van der Waals surface area contributed by atoms with Gasteiger partial charge in [-0.25, -0.2) is 13.6 Å². The van der Waals surface area contributed by atoms with Crippen LogP contribution in [0.25, 0.3) is 0 Å². The van der Waals surface area contributed by atoms with E-state index in [2.05, 4.69) is 21.2 Å². The van der Waals surface area contributed by atoms with E-state index in [1.807, 2.05) is 0 Å². The Morgan fingerprint density at radius 1 is 1.10 bits per heavy atom. The first-order valence-corrected chi connectivity index (χ1v) is 6.47. The number of benzene rings is 2. The Kier molecular flexibility index (Phi) is 4.32. The van der Waals surface area contributed by atoms with Crippen molar-refractivity contribution in [3.8, 4) is 0 Å². The summed E-state index contributed by atoms with van der Waals surface area (Å²) in [6.07, 6.45) is 0. The molecule has 0 unspecified atom stereocenters. The minimum atomic E-state index is -1.41. The standard InChI is InChI=1S/C14H8BrF2NO3/c15-9-2-1-3-10(16)12(9)13(19)18-7-4-5-8(14(20)21)11(17)6-7/h1-6H,(H,18,19)(H,20,21). The molecule has 2 N–H and O–H groups in total. The Morgan fingerprint density at radius 2 is 1.81 bits per heavy atom. The Balaban J connectivity index is 2.28. The lowest BCUT2D eigenvalue weighted by Gasteiger charge is -2.08. The van der Waals surface area contributed by atoms with Gasteiger partial charge in [0.25, 0.3) is 5.91 Å². The first-order valence-electron chi connectivity index (χ1n) is 5.68. The topological polar surface area (TPSA) is 66.4 Å². The highest BCUT2D eigenvalue weighted by molar-refractivity contribution is 9.10. The summed E-state index contributed by atoms with van der Waals surface area (Å²) in [5.41, 5.74) is -0.710. The second-order valence-electron chi connectivity index (χ2n) is 4.05. The highest BCUT2D eigenvalue weighted by atomic mass is 79.9. The van der Waals surface area contributed by atoms with E-state index in [1.54, 1.807) is 0 Å². The van der Waals surface area contributed by atoms with Crippen LogP contribution in [0, 0.1) is 11.6 Å². The molecule has 4 nitrogen and oxygen atoms in total. The van der Waals surface area contributed by atoms with E-state index in [-0.39, 0.29) is 15.7 Å². The summed E-state index contributed by atoms with van der Waals surface area (Å²) in [5.74, 6) is -3.91. The second kappa shape index (κ2) is 6.01. The molecule has 108 valence electrons. The van der Waals surface area contributed by atoms with Crippen molar-refractivity contribution in [2.24, 2.45) is 0 Å². The van der Waals surface area contributed by atoms with E-state index in [1.165, 1.54) is 18.2 Å². The third-order valence-corrected chi connectivity index (χ3v) is 3.31. The lowest BCUT2D eigenvalue weighted by molar-refractivity contribution is 0.0692. The molecule has 0 aromatic heterocycles. The molecule has 21 heavy (non-hydrogen) atoms. The van der Waals surface area contributed by atoms with Gasteiger partial charge in [-0.2, -0.15) is 0 Å². The predicted octanol–water partition coefficient (Wildman–Crippen LogP) is 3.68. The van der Waals surface area contributed by atoms with Crippen LogP contribution in [0.3, 0.4) is 0 Å². The van der Waals surface area contributed by atoms with Crippen LogP contribution < -0.4 is 5.32 Å². The lowest BCUT2D eigenvalue weighted by atomic mass is 10.1. The normalized spacial score (nSPS) is 10.2. The van der Waals surface area contributed by atoms with Crippen LogP contribution in [0.15, 0.2) is 40.9 Å². The van der Waals surface area contributed by atoms with Crippen molar-refractivity contribution >= 4 is 33.5 Å². The third-order valence-electron chi connectivity index (χ3n) is 2.65. The minimum Gasteiger partial charge on any atom is -0.478 e. The number of nitrogens with one attached hydrogen (secondary N) is 1. The summed E-state index contributed by atoms with van der Waals surface area (Å²) in [5, 5.41) is 11.0. The van der Waals surface area contributed by atoms with Gasteiger partial charge in [0.05, 0.1) is 11.1 Å². The molecule has 0 fully saturated rings. The molecule has 0 heterocycles. The molecule has 2 aromatic carbocycles. The number of halogens is 3. The van der Waals surface area contributed by atoms with Gasteiger partial charge in [-0.1, -0.05) is 6.07 Å². The molecule has 0 aliphatic carbocycles. The first-order chi connectivity index (χ1) is 9.90. The zero-order chi connectivity index (χ0) is 15.6. The Morgan fingerprint density at radius 3 is 2.38 bits per heavy atom. The molecule has 0 atom stereocenters. The zero-order valence-electron chi connectivity index (χ0n) is 10.4. The van der Waals surface area contributed by atoms with Crippen LogP contribution in [0.1, 0.15) is 20.7 Å². The molecule has 0 aliphatic heterocycles. The fraction of sp³-hybridized carbons (Fsp3) is 0. The van der Waals surface area contributed by atoms with Gasteiger partial charge in [0.15, 0.2) is 0 Å². The molecule has 2 rings (SSSR count). The summed E-state index contributed by atoms with van der Waals surface area (Å²) in [6, 6.07) is 7.14. The number of aromatic carboxylic acids is 1. The van der Waals surface area contributed by atoms with Crippen molar-refractivity contribution in [1.82, 2.24) is 0 Å². The monoisotopic (exact) mass is 355 g/mol. The number of rotatable bonds is 3. The predicted molar refractivity (Wildman–Crippen MR) is 75.4 cm³/mol. The number of carbonyl (C=O) groups excluding carboxylic acids is 1. The molecule has 0 aliphatic rings. The minimum absolute atomic E-state index is 0.0256. The summed E-state index contributed by atoms with van der Waals surface area (Å²) in [4.78, 5) is 22.6. The highest BCUT2D eigenvalue weighted by Gasteiger charge is 2.17. The molecule has 7 heteroatoms. The zero-order valence-corrected chi connectivity index (χ0v) is 11.9. The molecule has 0 saturated carbocycles. The van der Waals surface area contributed by atoms with E-state index in [0.29, 0.717) is 0 Å². The summed E-state index contributed by atoms with van der Waals surface area (Å²) in [7, 11) is 0. The number of carbonyl (C=O) groups is 2. The van der Waals surface area contributed by atoms with Crippen LogP contribution in [0.2, 0.25) is 0 Å². The molecular weight excluding hydrogens is 348 g/mol. The lowest BCUT2D eigenvalue weighted by Crippen LogP contribution is -2.15. The van der Waals surface area contributed by atoms with Gasteiger partial charge in [-0.05, 0) is 46.3 Å². The number of carboxylic acid groups (broad SMARTS) is 1. The van der Waals surface area contributed by atoms with Crippen molar-refractivity contribution < 1.29 is 23.5 Å². The fourth-order valence-electron chi connectivity index (χ4n) is 1.67. The van der Waals surface area contributed by atoms with E-state index in [4.69, 9.17) is 5.11 Å². The molecule has 0 radical (unpaired) electrons. The smallest absolute Gasteiger partial charge is 0.338 e. The van der Waals surface area contributed by atoms with Crippen LogP contribution >= 0.6 is 15.9 Å². The molecule has 1 amide bonds. The number of amides is 1. The molecular formula is C14H8BrF2NO3. The SMILES string of the molecule is O=C(O)c1ccc(NC(=O)c2c(F)cccc2Br)cc1F. The van der Waals surface area contributed by atoms with Gasteiger partial charge in [-0.15, -0.1) is 0 Å². The Hall–Kier alpha value is -2.28. The van der Waals surface area contributed by atoms with Crippen molar-refractivity contribution in [3.63, 3.8) is 0 Å². The van der Waals surface area contributed by atoms with E-state index < -0.39 is 29.1 Å². The quantitative estimate of drug-likeness (QED) is 0.882. The van der Waals surface area contributed by atoms with E-state index >= 15 is 0 Å². The second-order valence-corrected chi connectivity index (χ2v) is 4.90. The first kappa shape index (κ1) is 15.1. The van der Waals surface area contributed by atoms with Gasteiger partial charge < -0.3 is 10.4 Å². The number of anilines is 1. The van der Waals surface area contributed by atoms with Crippen molar-refractivity contribution in [1.29, 1.82) is 0 Å². The molecule has 2 aromatic rings. The maximum absolute atomic E-state index is 13.6. The third kappa shape index (κ3) is 3.25. The van der Waals surface area contributed by atoms with Gasteiger partial charge >= 0.3 is 5.97 Å². The Bertz CT molecular complexity index is 714. The summed E-state index contributed by atoms with van der Waals surface area (Å²) in [6.45, 7) is 0. The summed E-state index contributed by atoms with van der Waals surface area (Å²) < 4.78 is 27.4. The van der Waals surface area contributed by atoms with Crippen molar-refractivity contribution in [2.75, 3.05) is 5.32 Å². The summed E-state index contributed by atoms with van der Waals surface area (Å²) >= 11 is 3.05. The van der Waals surface area contributed by atoms with Crippen LogP contribution in [0.5, 0.6) is 0 Å². The number of carboxylic acids is 1. The van der Waals surface area contributed by atoms with Gasteiger partial charge in [0.2, 0.25) is 0 Å². The van der Waals surface area contributed by atoms with Crippen LogP contribution in [-0.2, 0) is 0 Å². The highest BCUT2D eigenvalue weighted by Crippen LogP contribution is 2.22. The van der Waals surface area contributed by atoms with Crippen LogP contribution in [0.4, 0.5) is 14.5 Å². The maximum atomic E-state index is 13.6. The van der Waals surface area contributed by atoms with Crippen molar-refractivity contribution in [2.45, 2.75) is 0 Å². The average molecular weight is 356 g/mol. The number of hydrogen-bond acceptors (Lipinski definition) is 2. The van der Waals surface area contributed by atoms with Gasteiger partial charge in [0.1, 0.15) is 11.6 Å². The number of hydrogen-bond donors (Lipinski definition) is 2. The largest absolute Gasteiger partial charge is 0.478 e. The molecule has 0 bridgehead atoms. The van der Waals surface area contributed by atoms with E-state index in [0.717, 1.165) is 18.2 Å². The van der Waals surface area contributed by atoms with Crippen LogP contribution in [-0.4, -0.2) is 17.0 Å². The van der Waals surface area contributed by atoms with Gasteiger partial charge in [-0.3, -0.25) is 4.79 Å². The average Bonchev–Trinajstić information content (AvgIpc) is 2.37. The van der Waals surface area contributed by atoms with Gasteiger partial charge in [0, 0.05) is 10.2 Å². The molecule has 0 saturated heterocycles. The van der Waals surface area contributed by atoms with E-state index in [9.17, 15) is 18.4 Å². The van der Waals surface area contributed by atoms with Crippen molar-refractivity contribution in [3.05, 3.63) is 63.6 Å². The Labute approximate surface area is 126 Å². The maximum Gasteiger partial charge on any atom is 0.338 e. The molecule has 0 spiro atoms.